The first-order valence-corrected chi connectivity index (χ1v) is 17.3. The molecule has 0 saturated carbocycles. The molecule has 1 amide bonds. The molecule has 0 aliphatic rings. The van der Waals surface area contributed by atoms with Crippen molar-refractivity contribution in [2.45, 2.75) is 118 Å². The average molecular weight is 544 g/mol. The topological polar surface area (TPSA) is 49.8 Å². The maximum absolute atomic E-state index is 13.2. The summed E-state index contributed by atoms with van der Waals surface area (Å²) in [7, 11) is -0.103. The molecule has 0 heterocycles. The van der Waals surface area contributed by atoms with Crippen LogP contribution in [0.25, 0.3) is 0 Å². The Labute approximate surface area is 235 Å². The second-order valence-electron chi connectivity index (χ2n) is 13.2. The minimum atomic E-state index is -1.91. The third-order valence-corrected chi connectivity index (χ3v) is 13.0. The largest absolute Gasteiger partial charge is 0.410 e. The monoisotopic (exact) mass is 543 g/mol. The lowest BCUT2D eigenvalue weighted by atomic mass is 9.88. The average Bonchev–Trinajstić information content (AvgIpc) is 2.84. The van der Waals surface area contributed by atoms with Gasteiger partial charge in [-0.3, -0.25) is 4.79 Å². The first-order chi connectivity index (χ1) is 17.4. The van der Waals surface area contributed by atoms with Crippen LogP contribution in [0.2, 0.25) is 18.1 Å². The van der Waals surface area contributed by atoms with Gasteiger partial charge in [0.05, 0.1) is 18.2 Å². The Morgan fingerprint density at radius 3 is 2.13 bits per heavy atom. The molecule has 38 heavy (non-hydrogen) atoms. The van der Waals surface area contributed by atoms with Crippen LogP contribution in [0.15, 0.2) is 53.6 Å². The van der Waals surface area contributed by atoms with Gasteiger partial charge in [-0.25, -0.2) is 0 Å². The van der Waals surface area contributed by atoms with Crippen molar-refractivity contribution in [3.8, 4) is 0 Å². The molecule has 0 aliphatic heterocycles. The molecule has 4 nitrogen and oxygen atoms in total. The Morgan fingerprint density at radius 1 is 1.08 bits per heavy atom. The van der Waals surface area contributed by atoms with Gasteiger partial charge >= 0.3 is 0 Å². The van der Waals surface area contributed by atoms with Crippen molar-refractivity contribution in [3.05, 3.63) is 59.2 Å². The fourth-order valence-electron chi connectivity index (χ4n) is 4.90. The molecule has 1 N–H and O–H groups in total. The van der Waals surface area contributed by atoms with Gasteiger partial charge in [-0.15, -0.1) is 0 Å². The Morgan fingerprint density at radius 2 is 1.63 bits per heavy atom. The molecule has 0 bridgehead atoms. The standard InChI is InChI=1S/C33H57NO3Si/c1-14-25(4)31(37-38(12,13)33(8,9)10)26(5)21-23(2)20-24(3)22-27(6)32(36)34(11)28(7)30(35)29-18-16-15-17-19-29/h14-19,21,24,26-28,30-31,35H,20,22H2,1-13H3/b23-21+,25-14+/t24-,26+,27+,28+,30-,31-/m0/s1. The smallest absolute Gasteiger partial charge is 0.225 e. The van der Waals surface area contributed by atoms with Gasteiger partial charge in [0.25, 0.3) is 0 Å². The number of hydrogen-bond donors (Lipinski definition) is 1. The van der Waals surface area contributed by atoms with Crippen molar-refractivity contribution in [2.24, 2.45) is 17.8 Å². The number of aliphatic hydroxyl groups excluding tert-OH is 1. The molecule has 6 atom stereocenters. The van der Waals surface area contributed by atoms with Crippen LogP contribution < -0.4 is 0 Å². The summed E-state index contributed by atoms with van der Waals surface area (Å²) < 4.78 is 6.87. The van der Waals surface area contributed by atoms with E-state index in [1.165, 1.54) is 11.1 Å². The third-order valence-electron chi connectivity index (χ3n) is 8.56. The maximum Gasteiger partial charge on any atom is 0.225 e. The minimum absolute atomic E-state index is 0.0813. The van der Waals surface area contributed by atoms with Crippen molar-refractivity contribution >= 4 is 14.2 Å². The number of nitrogens with zero attached hydrogens (tertiary/aromatic N) is 1. The number of benzene rings is 1. The molecule has 0 fully saturated rings. The van der Waals surface area contributed by atoms with Crippen molar-refractivity contribution in [1.82, 2.24) is 4.90 Å². The summed E-state index contributed by atoms with van der Waals surface area (Å²) in [5, 5.41) is 10.9. The van der Waals surface area contributed by atoms with E-state index >= 15 is 0 Å². The van der Waals surface area contributed by atoms with E-state index in [-0.39, 0.29) is 34.9 Å². The van der Waals surface area contributed by atoms with Crippen LogP contribution in [0.5, 0.6) is 0 Å². The normalized spacial score (nSPS) is 18.4. The van der Waals surface area contributed by atoms with E-state index in [1.54, 1.807) is 11.9 Å². The summed E-state index contributed by atoms with van der Waals surface area (Å²) in [5.41, 5.74) is 3.46. The van der Waals surface area contributed by atoms with Gasteiger partial charge < -0.3 is 14.4 Å². The lowest BCUT2D eigenvalue weighted by Crippen LogP contribution is -2.45. The fourth-order valence-corrected chi connectivity index (χ4v) is 6.29. The third kappa shape index (κ3) is 9.80. The van der Waals surface area contributed by atoms with Crippen LogP contribution >= 0.6 is 0 Å². The maximum atomic E-state index is 13.2. The highest BCUT2D eigenvalue weighted by molar-refractivity contribution is 6.74. The van der Waals surface area contributed by atoms with E-state index in [0.717, 1.165) is 18.4 Å². The molecule has 216 valence electrons. The predicted octanol–water partition coefficient (Wildman–Crippen LogP) is 8.56. The zero-order valence-electron chi connectivity index (χ0n) is 26.6. The molecule has 1 aromatic rings. The molecule has 0 spiro atoms. The van der Waals surface area contributed by atoms with Crippen molar-refractivity contribution in [1.29, 1.82) is 0 Å². The van der Waals surface area contributed by atoms with Crippen LogP contribution in [0, 0.1) is 17.8 Å². The molecule has 0 aliphatic carbocycles. The van der Waals surface area contributed by atoms with E-state index in [1.807, 2.05) is 44.2 Å². The Balaban J connectivity index is 2.83. The van der Waals surface area contributed by atoms with E-state index < -0.39 is 14.4 Å². The van der Waals surface area contributed by atoms with E-state index in [4.69, 9.17) is 4.43 Å². The summed E-state index contributed by atoms with van der Waals surface area (Å²) in [6.07, 6.45) is 5.70. The fraction of sp³-hybridized carbons (Fsp3) is 0.667. The molecule has 1 aromatic carbocycles. The number of allylic oxidation sites excluding steroid dienone is 2. The Kier molecular flexibility index (Phi) is 13.2. The van der Waals surface area contributed by atoms with Crippen LogP contribution in [0.4, 0.5) is 0 Å². The summed E-state index contributed by atoms with van der Waals surface area (Å²) >= 11 is 0. The summed E-state index contributed by atoms with van der Waals surface area (Å²) in [6.45, 7) is 26.4. The summed E-state index contributed by atoms with van der Waals surface area (Å²) in [5.74, 6) is 0.632. The van der Waals surface area contributed by atoms with Crippen LogP contribution in [-0.2, 0) is 9.22 Å². The highest BCUT2D eigenvalue weighted by atomic mass is 28.4. The van der Waals surface area contributed by atoms with Crippen molar-refractivity contribution in [2.75, 3.05) is 7.05 Å². The second kappa shape index (κ2) is 14.6. The van der Waals surface area contributed by atoms with E-state index in [9.17, 15) is 9.90 Å². The number of hydrogen-bond acceptors (Lipinski definition) is 3. The quantitative estimate of drug-likeness (QED) is 0.200. The zero-order valence-corrected chi connectivity index (χ0v) is 27.6. The number of amides is 1. The van der Waals surface area contributed by atoms with Crippen molar-refractivity contribution < 1.29 is 14.3 Å². The number of likely N-dealkylation sites (N-methyl/N-ethyl adjacent to an activating group) is 1. The summed E-state index contributed by atoms with van der Waals surface area (Å²) in [6, 6.07) is 9.27. The zero-order chi connectivity index (χ0) is 29.4. The highest BCUT2D eigenvalue weighted by Crippen LogP contribution is 2.39. The Bertz CT molecular complexity index is 931. The van der Waals surface area contributed by atoms with Gasteiger partial charge in [-0.05, 0) is 75.7 Å². The molecule has 5 heteroatoms. The van der Waals surface area contributed by atoms with Crippen LogP contribution in [-0.4, -0.2) is 43.4 Å². The predicted molar refractivity (Wildman–Crippen MR) is 166 cm³/mol. The van der Waals surface area contributed by atoms with Gasteiger partial charge in [0.1, 0.15) is 0 Å². The van der Waals surface area contributed by atoms with Gasteiger partial charge in [0.2, 0.25) is 5.91 Å². The lowest BCUT2D eigenvalue weighted by Gasteiger charge is -2.41. The summed E-state index contributed by atoms with van der Waals surface area (Å²) in [4.78, 5) is 14.9. The molecule has 0 radical (unpaired) electrons. The highest BCUT2D eigenvalue weighted by Gasteiger charge is 2.40. The van der Waals surface area contributed by atoms with Gasteiger partial charge in [0, 0.05) is 18.9 Å². The van der Waals surface area contributed by atoms with Gasteiger partial charge in [-0.1, -0.05) is 89.6 Å². The molecule has 1 rings (SSSR count). The molecule has 0 aromatic heterocycles. The molecular weight excluding hydrogens is 486 g/mol. The SMILES string of the molecule is C/C=C(\C)[C@H](O[Si](C)(C)C(C)(C)C)[C@H](C)/C=C(\C)C[C@H](C)C[C@@H](C)C(=O)N(C)[C@H](C)[C@H](O)c1ccccc1. The second-order valence-corrected chi connectivity index (χ2v) is 18.0. The lowest BCUT2D eigenvalue weighted by molar-refractivity contribution is -0.138. The van der Waals surface area contributed by atoms with E-state index in [2.05, 4.69) is 80.6 Å². The Hall–Kier alpha value is -1.69. The van der Waals surface area contributed by atoms with Gasteiger partial charge in [-0.2, -0.15) is 0 Å². The number of rotatable bonds is 13. The minimum Gasteiger partial charge on any atom is -0.410 e. The number of carbonyl (C=O) groups excluding carboxylic acids is 1. The van der Waals surface area contributed by atoms with Crippen molar-refractivity contribution in [3.63, 3.8) is 0 Å². The molecule has 0 unspecified atom stereocenters. The van der Waals surface area contributed by atoms with Gasteiger partial charge in [0.15, 0.2) is 8.32 Å². The first-order valence-electron chi connectivity index (χ1n) is 14.4. The van der Waals surface area contributed by atoms with Crippen LogP contribution in [0.3, 0.4) is 0 Å². The van der Waals surface area contributed by atoms with E-state index in [0.29, 0.717) is 5.92 Å². The molecule has 0 saturated heterocycles. The molecular formula is C33H57NO3Si. The van der Waals surface area contributed by atoms with Crippen LogP contribution in [0.1, 0.15) is 93.7 Å². The number of aliphatic hydroxyl groups is 1. The first kappa shape index (κ1) is 34.3. The number of carbonyl (C=O) groups is 1.